The first-order valence-electron chi connectivity index (χ1n) is 10.0. The lowest BCUT2D eigenvalue weighted by Crippen LogP contribution is -2.40. The molecule has 0 aromatic heterocycles. The maximum Gasteiger partial charge on any atom is 0.191 e. The van der Waals surface area contributed by atoms with Crippen LogP contribution in [0, 0.1) is 11.8 Å². The minimum absolute atomic E-state index is 0. The molecule has 1 aromatic rings. The molecule has 1 unspecified atom stereocenters. The van der Waals surface area contributed by atoms with E-state index in [9.17, 15) is 5.11 Å². The van der Waals surface area contributed by atoms with Crippen molar-refractivity contribution in [2.24, 2.45) is 16.8 Å². The van der Waals surface area contributed by atoms with Gasteiger partial charge in [-0.3, -0.25) is 0 Å². The van der Waals surface area contributed by atoms with Crippen molar-refractivity contribution in [2.75, 3.05) is 45.3 Å². The van der Waals surface area contributed by atoms with Crippen LogP contribution in [0.2, 0.25) is 0 Å². The molecule has 0 aliphatic rings. The summed E-state index contributed by atoms with van der Waals surface area (Å²) in [5, 5.41) is 19.3. The Morgan fingerprint density at radius 1 is 1.18 bits per heavy atom. The highest BCUT2D eigenvalue weighted by atomic mass is 127. The van der Waals surface area contributed by atoms with E-state index in [2.05, 4.69) is 61.0 Å². The van der Waals surface area contributed by atoms with E-state index < -0.39 is 0 Å². The molecule has 6 nitrogen and oxygen atoms in total. The van der Waals surface area contributed by atoms with Crippen LogP contribution < -0.4 is 16.0 Å². The molecule has 0 fully saturated rings. The highest BCUT2D eigenvalue weighted by Gasteiger charge is 2.11. The number of aliphatic imine (C=N–C) groups is 1. The average Bonchev–Trinajstić information content (AvgIpc) is 2.65. The number of ether oxygens (including phenoxy) is 1. The molecule has 0 aliphatic heterocycles. The predicted molar refractivity (Wildman–Crippen MR) is 130 cm³/mol. The number of rotatable bonds is 13. The molecule has 0 spiro atoms. The summed E-state index contributed by atoms with van der Waals surface area (Å²) in [6, 6.07) is 8.33. The SMILES string of the molecule is CCNC(=NCc1ccc(NCCOC)cc1)NCC(CCO)CC(C)C.I. The standard InChI is InChI=1S/C21H38N4O2.HI/c1-5-22-21(25-16-19(10-12-26)14-17(2)3)24-15-18-6-8-20(9-7-18)23-11-13-27-4;/h6-9,17,19,23,26H,5,10-16H2,1-4H3,(H2,22,24,25);1H. The summed E-state index contributed by atoms with van der Waals surface area (Å²) in [5.74, 6) is 1.90. The van der Waals surface area contributed by atoms with Crippen molar-refractivity contribution < 1.29 is 9.84 Å². The van der Waals surface area contributed by atoms with Crippen LogP contribution in [0.5, 0.6) is 0 Å². The summed E-state index contributed by atoms with van der Waals surface area (Å²) in [5.41, 5.74) is 2.25. The second-order valence-electron chi connectivity index (χ2n) is 7.20. The number of methoxy groups -OCH3 is 1. The quantitative estimate of drug-likeness (QED) is 0.143. The van der Waals surface area contributed by atoms with Crippen LogP contribution in [0.25, 0.3) is 0 Å². The maximum absolute atomic E-state index is 9.27. The second-order valence-corrected chi connectivity index (χ2v) is 7.20. The zero-order chi connectivity index (χ0) is 19.9. The number of hydrogen-bond donors (Lipinski definition) is 4. The average molecular weight is 506 g/mol. The summed E-state index contributed by atoms with van der Waals surface area (Å²) in [4.78, 5) is 4.69. The van der Waals surface area contributed by atoms with Crippen molar-refractivity contribution in [3.8, 4) is 0 Å². The first-order valence-corrected chi connectivity index (χ1v) is 10.0. The van der Waals surface area contributed by atoms with Gasteiger partial charge in [0, 0.05) is 39.0 Å². The first-order chi connectivity index (χ1) is 13.1. The second kappa shape index (κ2) is 16.9. The van der Waals surface area contributed by atoms with Crippen LogP contribution >= 0.6 is 24.0 Å². The Morgan fingerprint density at radius 3 is 2.46 bits per heavy atom. The molecule has 162 valence electrons. The Bertz CT molecular complexity index is 524. The van der Waals surface area contributed by atoms with Crippen molar-refractivity contribution in [3.63, 3.8) is 0 Å². The minimum Gasteiger partial charge on any atom is -0.396 e. The van der Waals surface area contributed by atoms with Crippen LogP contribution in [0.3, 0.4) is 0 Å². The number of hydrogen-bond acceptors (Lipinski definition) is 4. The number of halogens is 1. The van der Waals surface area contributed by atoms with Gasteiger partial charge in [-0.1, -0.05) is 26.0 Å². The van der Waals surface area contributed by atoms with Crippen molar-refractivity contribution in [1.29, 1.82) is 0 Å². The van der Waals surface area contributed by atoms with Gasteiger partial charge < -0.3 is 25.8 Å². The van der Waals surface area contributed by atoms with Crippen LogP contribution in [0.4, 0.5) is 5.69 Å². The number of aliphatic hydroxyl groups excluding tert-OH is 1. The lowest BCUT2D eigenvalue weighted by Gasteiger charge is -2.20. The Morgan fingerprint density at radius 2 is 1.89 bits per heavy atom. The van der Waals surface area contributed by atoms with Gasteiger partial charge in [0.05, 0.1) is 13.2 Å². The van der Waals surface area contributed by atoms with E-state index in [1.165, 1.54) is 5.56 Å². The fraction of sp³-hybridized carbons (Fsp3) is 0.667. The fourth-order valence-electron chi connectivity index (χ4n) is 2.93. The molecular formula is C21H39IN4O2. The van der Waals surface area contributed by atoms with Crippen LogP contribution in [0.15, 0.2) is 29.3 Å². The normalized spacial score (nSPS) is 12.4. The van der Waals surface area contributed by atoms with Crippen molar-refractivity contribution in [3.05, 3.63) is 29.8 Å². The third-order valence-corrected chi connectivity index (χ3v) is 4.25. The van der Waals surface area contributed by atoms with Crippen molar-refractivity contribution in [1.82, 2.24) is 10.6 Å². The van der Waals surface area contributed by atoms with Crippen LogP contribution in [0.1, 0.15) is 39.2 Å². The summed E-state index contributed by atoms with van der Waals surface area (Å²) in [7, 11) is 1.70. The Hall–Kier alpha value is -1.06. The third kappa shape index (κ3) is 12.4. The number of guanidine groups is 1. The van der Waals surface area contributed by atoms with E-state index in [4.69, 9.17) is 9.73 Å². The first kappa shape index (κ1) is 26.9. The van der Waals surface area contributed by atoms with Crippen LogP contribution in [-0.4, -0.2) is 51.0 Å². The zero-order valence-electron chi connectivity index (χ0n) is 17.8. The summed E-state index contributed by atoms with van der Waals surface area (Å²) in [6.45, 7) is 10.5. The predicted octanol–water partition coefficient (Wildman–Crippen LogP) is 3.46. The molecule has 1 aromatic carbocycles. The largest absolute Gasteiger partial charge is 0.396 e. The number of anilines is 1. The molecule has 0 radical (unpaired) electrons. The monoisotopic (exact) mass is 506 g/mol. The van der Waals surface area contributed by atoms with Gasteiger partial charge in [0.1, 0.15) is 0 Å². The van der Waals surface area contributed by atoms with Gasteiger partial charge in [-0.15, -0.1) is 24.0 Å². The molecule has 7 heteroatoms. The highest BCUT2D eigenvalue weighted by molar-refractivity contribution is 14.0. The summed E-state index contributed by atoms with van der Waals surface area (Å²) >= 11 is 0. The molecule has 0 saturated heterocycles. The molecular weight excluding hydrogens is 467 g/mol. The molecule has 4 N–H and O–H groups in total. The summed E-state index contributed by atoms with van der Waals surface area (Å²) in [6.07, 6.45) is 1.92. The van der Waals surface area contributed by atoms with Gasteiger partial charge in [-0.05, 0) is 49.3 Å². The van der Waals surface area contributed by atoms with E-state index in [0.29, 0.717) is 25.0 Å². The molecule has 1 atom stereocenters. The van der Waals surface area contributed by atoms with Gasteiger partial charge in [-0.2, -0.15) is 0 Å². The summed E-state index contributed by atoms with van der Waals surface area (Å²) < 4.78 is 5.04. The number of benzene rings is 1. The van der Waals surface area contributed by atoms with Crippen molar-refractivity contribution in [2.45, 2.75) is 40.2 Å². The van der Waals surface area contributed by atoms with E-state index >= 15 is 0 Å². The van der Waals surface area contributed by atoms with E-state index in [-0.39, 0.29) is 30.6 Å². The van der Waals surface area contributed by atoms with E-state index in [0.717, 1.165) is 44.1 Å². The lowest BCUT2D eigenvalue weighted by atomic mass is 9.94. The number of nitrogens with one attached hydrogen (secondary N) is 3. The number of aliphatic hydroxyl groups is 1. The Labute approximate surface area is 188 Å². The van der Waals surface area contributed by atoms with Gasteiger partial charge >= 0.3 is 0 Å². The van der Waals surface area contributed by atoms with Gasteiger partial charge in [0.15, 0.2) is 5.96 Å². The van der Waals surface area contributed by atoms with E-state index in [1.54, 1.807) is 7.11 Å². The van der Waals surface area contributed by atoms with Crippen LogP contribution in [-0.2, 0) is 11.3 Å². The van der Waals surface area contributed by atoms with Crippen molar-refractivity contribution >= 4 is 35.6 Å². The molecule has 0 bridgehead atoms. The Balaban J connectivity index is 0.00000729. The molecule has 0 amide bonds. The smallest absolute Gasteiger partial charge is 0.191 e. The molecule has 1 rings (SSSR count). The third-order valence-electron chi connectivity index (χ3n) is 4.25. The molecule has 0 heterocycles. The highest BCUT2D eigenvalue weighted by Crippen LogP contribution is 2.14. The van der Waals surface area contributed by atoms with E-state index in [1.807, 2.05) is 0 Å². The van der Waals surface area contributed by atoms with Gasteiger partial charge in [0.2, 0.25) is 0 Å². The van der Waals surface area contributed by atoms with Gasteiger partial charge in [-0.25, -0.2) is 4.99 Å². The maximum atomic E-state index is 9.27. The lowest BCUT2D eigenvalue weighted by molar-refractivity contribution is 0.211. The van der Waals surface area contributed by atoms with Gasteiger partial charge in [0.25, 0.3) is 0 Å². The fourth-order valence-corrected chi connectivity index (χ4v) is 2.93. The topological polar surface area (TPSA) is 77.9 Å². The minimum atomic E-state index is 0. The zero-order valence-corrected chi connectivity index (χ0v) is 20.2. The molecule has 0 saturated carbocycles. The number of nitrogens with zero attached hydrogens (tertiary/aromatic N) is 1. The Kier molecular flexibility index (Phi) is 16.2. The molecule has 0 aliphatic carbocycles. The molecule has 28 heavy (non-hydrogen) atoms.